The van der Waals surface area contributed by atoms with Gasteiger partial charge in [0.2, 0.25) is 0 Å². The van der Waals surface area contributed by atoms with Gasteiger partial charge in [-0.2, -0.15) is 0 Å². The first-order valence-electron chi connectivity index (χ1n) is 10.2. The van der Waals surface area contributed by atoms with E-state index in [-0.39, 0.29) is 12.0 Å². The van der Waals surface area contributed by atoms with Crippen LogP contribution in [0.1, 0.15) is 30.0 Å². The second-order valence-corrected chi connectivity index (χ2v) is 8.44. The Bertz CT molecular complexity index is 1010. The number of piperidine rings is 1. The number of carboxylic acid groups (broad SMARTS) is 1. The maximum atomic E-state index is 11.7. The third kappa shape index (κ3) is 4.74. The Kier molecular flexibility index (Phi) is 6.50. The first kappa shape index (κ1) is 20.6. The highest BCUT2D eigenvalue weighted by molar-refractivity contribution is 9.10. The van der Waals surface area contributed by atoms with Gasteiger partial charge in [0.25, 0.3) is 0 Å². The van der Waals surface area contributed by atoms with E-state index < -0.39 is 5.97 Å². The molecule has 154 valence electrons. The van der Waals surface area contributed by atoms with Crippen molar-refractivity contribution >= 4 is 21.9 Å². The summed E-state index contributed by atoms with van der Waals surface area (Å²) in [4.78, 5) is 13.9. The number of carboxylic acids is 1. The molecule has 2 unspecified atom stereocenters. The van der Waals surface area contributed by atoms with Crippen LogP contribution in [0.5, 0.6) is 11.5 Å². The van der Waals surface area contributed by atoms with Crippen molar-refractivity contribution in [3.05, 3.63) is 94.5 Å². The third-order valence-corrected chi connectivity index (χ3v) is 6.24. The van der Waals surface area contributed by atoms with Gasteiger partial charge in [0.05, 0.1) is 12.0 Å². The maximum absolute atomic E-state index is 11.7. The van der Waals surface area contributed by atoms with Crippen LogP contribution in [-0.4, -0.2) is 29.1 Å². The SMILES string of the molecule is O=C(O)C1CCCN(C(c2cccc(Oc3ccccc3)c2)c2ccccc2Br)C1. The summed E-state index contributed by atoms with van der Waals surface area (Å²) < 4.78 is 7.07. The molecule has 0 aliphatic carbocycles. The van der Waals surface area contributed by atoms with Crippen molar-refractivity contribution in [3.8, 4) is 11.5 Å². The van der Waals surface area contributed by atoms with Crippen molar-refractivity contribution in [1.29, 1.82) is 0 Å². The molecular weight excluding hydrogens is 442 g/mol. The molecule has 4 nitrogen and oxygen atoms in total. The van der Waals surface area contributed by atoms with Crippen LogP contribution in [0.2, 0.25) is 0 Å². The zero-order chi connectivity index (χ0) is 20.9. The van der Waals surface area contributed by atoms with Crippen LogP contribution in [0.25, 0.3) is 0 Å². The fourth-order valence-electron chi connectivity index (χ4n) is 4.10. The Morgan fingerprint density at radius 2 is 1.73 bits per heavy atom. The van der Waals surface area contributed by atoms with Crippen LogP contribution < -0.4 is 4.74 Å². The van der Waals surface area contributed by atoms with E-state index in [2.05, 4.69) is 39.0 Å². The van der Waals surface area contributed by atoms with Crippen LogP contribution in [0.15, 0.2) is 83.3 Å². The summed E-state index contributed by atoms with van der Waals surface area (Å²) in [6, 6.07) is 25.9. The summed E-state index contributed by atoms with van der Waals surface area (Å²) in [5.74, 6) is 0.498. The normalized spacial score (nSPS) is 18.0. The van der Waals surface area contributed by atoms with Gasteiger partial charge in [0, 0.05) is 11.0 Å². The fourth-order valence-corrected chi connectivity index (χ4v) is 4.60. The highest BCUT2D eigenvalue weighted by Crippen LogP contribution is 2.37. The largest absolute Gasteiger partial charge is 0.481 e. The lowest BCUT2D eigenvalue weighted by atomic mass is 9.91. The molecule has 1 N–H and O–H groups in total. The number of carbonyl (C=O) groups is 1. The number of aliphatic carboxylic acids is 1. The van der Waals surface area contributed by atoms with E-state index >= 15 is 0 Å². The highest BCUT2D eigenvalue weighted by Gasteiger charge is 2.32. The minimum absolute atomic E-state index is 0.0537. The van der Waals surface area contributed by atoms with Crippen LogP contribution in [0.3, 0.4) is 0 Å². The van der Waals surface area contributed by atoms with Gasteiger partial charge in [0.15, 0.2) is 0 Å². The molecule has 1 fully saturated rings. The van der Waals surface area contributed by atoms with Crippen molar-refractivity contribution in [2.45, 2.75) is 18.9 Å². The van der Waals surface area contributed by atoms with Crippen LogP contribution >= 0.6 is 15.9 Å². The molecule has 0 aromatic heterocycles. The Hall–Kier alpha value is -2.63. The summed E-state index contributed by atoms with van der Waals surface area (Å²) in [5, 5.41) is 9.59. The molecule has 0 amide bonds. The van der Waals surface area contributed by atoms with Gasteiger partial charge in [-0.3, -0.25) is 9.69 Å². The fraction of sp³-hybridized carbons (Fsp3) is 0.240. The molecule has 0 bridgehead atoms. The zero-order valence-electron chi connectivity index (χ0n) is 16.6. The molecule has 2 atom stereocenters. The van der Waals surface area contributed by atoms with Crippen LogP contribution in [0, 0.1) is 5.92 Å². The number of benzene rings is 3. The Labute approximate surface area is 185 Å². The van der Waals surface area contributed by atoms with Crippen molar-refractivity contribution in [2.24, 2.45) is 5.92 Å². The van der Waals surface area contributed by atoms with Crippen molar-refractivity contribution < 1.29 is 14.6 Å². The van der Waals surface area contributed by atoms with Gasteiger partial charge >= 0.3 is 5.97 Å². The first-order chi connectivity index (χ1) is 14.6. The minimum atomic E-state index is -0.716. The average Bonchev–Trinajstić information content (AvgIpc) is 2.77. The number of rotatable bonds is 6. The van der Waals surface area contributed by atoms with Gasteiger partial charge < -0.3 is 9.84 Å². The van der Waals surface area contributed by atoms with E-state index in [0.29, 0.717) is 6.54 Å². The summed E-state index contributed by atoms with van der Waals surface area (Å²) in [6.45, 7) is 1.39. The third-order valence-electron chi connectivity index (χ3n) is 5.52. The molecule has 1 aliphatic heterocycles. The van der Waals surface area contributed by atoms with Crippen LogP contribution in [0.4, 0.5) is 0 Å². The van der Waals surface area contributed by atoms with E-state index in [1.54, 1.807) is 0 Å². The maximum Gasteiger partial charge on any atom is 0.307 e. The van der Waals surface area contributed by atoms with E-state index in [9.17, 15) is 9.90 Å². The molecule has 0 radical (unpaired) electrons. The van der Waals surface area contributed by atoms with Crippen molar-refractivity contribution in [3.63, 3.8) is 0 Å². The summed E-state index contributed by atoms with van der Waals surface area (Å²) in [5.41, 5.74) is 2.21. The van der Waals surface area contributed by atoms with Gasteiger partial charge in [-0.15, -0.1) is 0 Å². The van der Waals surface area contributed by atoms with E-state index in [0.717, 1.165) is 46.5 Å². The molecule has 30 heavy (non-hydrogen) atoms. The lowest BCUT2D eigenvalue weighted by molar-refractivity contribution is -0.143. The van der Waals surface area contributed by atoms with E-state index in [1.165, 1.54) is 0 Å². The number of hydrogen-bond donors (Lipinski definition) is 1. The zero-order valence-corrected chi connectivity index (χ0v) is 18.2. The quantitative estimate of drug-likeness (QED) is 0.475. The minimum Gasteiger partial charge on any atom is -0.481 e. The predicted octanol–water partition coefficient (Wildman–Crippen LogP) is 6.13. The smallest absolute Gasteiger partial charge is 0.307 e. The van der Waals surface area contributed by atoms with Gasteiger partial charge in [-0.25, -0.2) is 0 Å². The topological polar surface area (TPSA) is 49.8 Å². The number of nitrogens with zero attached hydrogens (tertiary/aromatic N) is 1. The molecule has 3 aromatic carbocycles. The molecule has 1 saturated heterocycles. The lowest BCUT2D eigenvalue weighted by Gasteiger charge is -2.38. The Morgan fingerprint density at radius 3 is 2.50 bits per heavy atom. The van der Waals surface area contributed by atoms with E-state index in [4.69, 9.17) is 4.74 Å². The Balaban J connectivity index is 1.70. The van der Waals surface area contributed by atoms with Crippen LogP contribution in [-0.2, 0) is 4.79 Å². The monoisotopic (exact) mass is 465 g/mol. The number of halogens is 1. The molecule has 1 heterocycles. The molecule has 3 aromatic rings. The van der Waals surface area contributed by atoms with E-state index in [1.807, 2.05) is 60.7 Å². The predicted molar refractivity (Wildman–Crippen MR) is 121 cm³/mol. The van der Waals surface area contributed by atoms with Crippen molar-refractivity contribution in [2.75, 3.05) is 13.1 Å². The number of para-hydroxylation sites is 1. The molecule has 5 heteroatoms. The molecule has 4 rings (SSSR count). The Morgan fingerprint density at radius 1 is 1.00 bits per heavy atom. The lowest BCUT2D eigenvalue weighted by Crippen LogP contribution is -2.41. The second kappa shape index (κ2) is 9.45. The van der Waals surface area contributed by atoms with Gasteiger partial charge in [-0.05, 0) is 60.8 Å². The number of likely N-dealkylation sites (tertiary alicyclic amines) is 1. The summed E-state index contributed by atoms with van der Waals surface area (Å²) in [7, 11) is 0. The van der Waals surface area contributed by atoms with Crippen molar-refractivity contribution in [1.82, 2.24) is 4.90 Å². The first-order valence-corrected chi connectivity index (χ1v) is 11.0. The van der Waals surface area contributed by atoms with Gasteiger partial charge in [0.1, 0.15) is 11.5 Å². The molecular formula is C25H24BrNO3. The average molecular weight is 466 g/mol. The highest BCUT2D eigenvalue weighted by atomic mass is 79.9. The second-order valence-electron chi connectivity index (χ2n) is 7.58. The number of ether oxygens (including phenoxy) is 1. The summed E-state index contributed by atoms with van der Waals surface area (Å²) >= 11 is 3.70. The molecule has 1 aliphatic rings. The molecule has 0 saturated carbocycles. The summed E-state index contributed by atoms with van der Waals surface area (Å²) in [6.07, 6.45) is 1.60. The standard InChI is InChI=1S/C25H24BrNO3/c26-23-14-5-4-13-22(23)24(27-15-7-9-19(17-27)25(28)29)18-8-6-12-21(16-18)30-20-10-2-1-3-11-20/h1-6,8,10-14,16,19,24H,7,9,15,17H2,(H,28,29). The van der Waals surface area contributed by atoms with Gasteiger partial charge in [-0.1, -0.05) is 64.5 Å². The number of hydrogen-bond acceptors (Lipinski definition) is 3. The molecule has 0 spiro atoms.